The van der Waals surface area contributed by atoms with Crippen molar-refractivity contribution in [3.8, 4) is 0 Å². The molecule has 32 heavy (non-hydrogen) atoms. The van der Waals surface area contributed by atoms with Gasteiger partial charge in [0.25, 0.3) is 5.92 Å². The summed E-state index contributed by atoms with van der Waals surface area (Å²) in [4.78, 5) is 22.8. The fraction of sp³-hybridized carbons (Fsp3) is 0.571. The highest BCUT2D eigenvalue weighted by molar-refractivity contribution is 5.85. The van der Waals surface area contributed by atoms with Gasteiger partial charge in [0.2, 0.25) is 5.95 Å². The molecule has 5 heterocycles. The normalized spacial score (nSPS) is 26.6. The number of hydrogen-bond acceptors (Lipinski definition) is 8. The van der Waals surface area contributed by atoms with Crippen LogP contribution >= 0.6 is 0 Å². The van der Waals surface area contributed by atoms with E-state index >= 15 is 0 Å². The van der Waals surface area contributed by atoms with Gasteiger partial charge in [-0.25, -0.2) is 18.7 Å². The average Bonchev–Trinajstić information content (AvgIpc) is 3.20. The second-order valence-corrected chi connectivity index (χ2v) is 8.96. The minimum absolute atomic E-state index is 0.149. The first-order chi connectivity index (χ1) is 15.3. The number of anilines is 2. The zero-order valence-corrected chi connectivity index (χ0v) is 18.2. The van der Waals surface area contributed by atoms with Crippen molar-refractivity contribution in [3.63, 3.8) is 0 Å². The van der Waals surface area contributed by atoms with E-state index in [-0.39, 0.29) is 19.2 Å². The van der Waals surface area contributed by atoms with Crippen LogP contribution in [-0.2, 0) is 11.8 Å². The monoisotopic (exact) mass is 442 g/mol. The average molecular weight is 442 g/mol. The molecule has 1 aliphatic carbocycles. The van der Waals surface area contributed by atoms with E-state index in [4.69, 9.17) is 14.7 Å². The molecule has 0 amide bonds. The predicted octanol–water partition coefficient (Wildman–Crippen LogP) is 2.05. The van der Waals surface area contributed by atoms with Crippen LogP contribution in [0.1, 0.15) is 23.1 Å². The van der Waals surface area contributed by atoms with E-state index < -0.39 is 17.8 Å². The van der Waals surface area contributed by atoms with Gasteiger partial charge in [-0.05, 0) is 13.8 Å². The first-order valence-electron chi connectivity index (χ1n) is 10.8. The van der Waals surface area contributed by atoms with Crippen LogP contribution in [0.25, 0.3) is 11.2 Å². The van der Waals surface area contributed by atoms with E-state index in [1.165, 1.54) is 0 Å². The van der Waals surface area contributed by atoms with Crippen molar-refractivity contribution in [1.82, 2.24) is 29.7 Å². The number of aryl methyl sites for hydroxylation is 3. The highest BCUT2D eigenvalue weighted by Crippen LogP contribution is 2.59. The number of ether oxygens (including phenoxy) is 1. The Hall–Kier alpha value is -2.95. The molecule has 2 saturated heterocycles. The van der Waals surface area contributed by atoms with E-state index in [0.29, 0.717) is 42.6 Å². The van der Waals surface area contributed by atoms with Crippen LogP contribution < -0.4 is 9.80 Å². The molecule has 2 aliphatic heterocycles. The predicted molar refractivity (Wildman–Crippen MR) is 113 cm³/mol. The lowest BCUT2D eigenvalue weighted by atomic mass is 10.1. The molecule has 9 nitrogen and oxygen atoms in total. The lowest BCUT2D eigenvalue weighted by molar-refractivity contribution is 0.0392. The van der Waals surface area contributed by atoms with Gasteiger partial charge < -0.3 is 14.5 Å². The number of nitrogens with zero attached hydrogens (tertiary/aromatic N) is 8. The van der Waals surface area contributed by atoms with Gasteiger partial charge in [0.05, 0.1) is 42.6 Å². The molecule has 0 unspecified atom stereocenters. The van der Waals surface area contributed by atoms with E-state index in [1.54, 1.807) is 10.9 Å². The Morgan fingerprint density at radius 1 is 1.00 bits per heavy atom. The van der Waals surface area contributed by atoms with E-state index in [9.17, 15) is 8.78 Å². The summed E-state index contributed by atoms with van der Waals surface area (Å²) in [5.41, 5.74) is 3.63. The van der Waals surface area contributed by atoms with Gasteiger partial charge in [-0.2, -0.15) is 15.1 Å². The quantitative estimate of drug-likeness (QED) is 0.609. The van der Waals surface area contributed by atoms with Crippen molar-refractivity contribution < 1.29 is 13.5 Å². The standard InChI is InChI=1S/C21H24F2N8O/c1-11-12(2)26-18-17(25-11)19(31-8-14-15(9-31)21(14,22)23)28-20(27-18)30-4-5-32-16(10-30)13-6-24-29(3)7-13/h6-7,14-16H,4-5,8-10H2,1-3H3/t14-,15+,16-/m0/s1. The van der Waals surface area contributed by atoms with Gasteiger partial charge in [0, 0.05) is 38.4 Å². The molecule has 1 saturated carbocycles. The minimum atomic E-state index is -2.55. The van der Waals surface area contributed by atoms with Crippen LogP contribution in [0.2, 0.25) is 0 Å². The molecule has 3 aromatic heterocycles. The zero-order chi connectivity index (χ0) is 22.2. The summed E-state index contributed by atoms with van der Waals surface area (Å²) < 4.78 is 35.3. The van der Waals surface area contributed by atoms with Crippen molar-refractivity contribution in [1.29, 1.82) is 0 Å². The summed E-state index contributed by atoms with van der Waals surface area (Å²) in [5.74, 6) is -2.65. The fourth-order valence-electron chi connectivity index (χ4n) is 4.77. The summed E-state index contributed by atoms with van der Waals surface area (Å²) in [6.45, 7) is 6.05. The van der Waals surface area contributed by atoms with Gasteiger partial charge in [-0.3, -0.25) is 4.68 Å². The maximum atomic E-state index is 13.8. The number of halogens is 2. The van der Waals surface area contributed by atoms with Gasteiger partial charge in [0.15, 0.2) is 17.0 Å². The Balaban J connectivity index is 1.37. The number of fused-ring (bicyclic) bond motifs is 2. The van der Waals surface area contributed by atoms with Crippen LogP contribution in [0, 0.1) is 25.7 Å². The largest absolute Gasteiger partial charge is 0.370 e. The Bertz CT molecular complexity index is 1200. The zero-order valence-electron chi connectivity index (χ0n) is 18.2. The van der Waals surface area contributed by atoms with Crippen molar-refractivity contribution >= 4 is 22.9 Å². The van der Waals surface area contributed by atoms with Gasteiger partial charge in [-0.1, -0.05) is 0 Å². The van der Waals surface area contributed by atoms with Crippen molar-refractivity contribution in [2.75, 3.05) is 42.6 Å². The lowest BCUT2D eigenvalue weighted by Crippen LogP contribution is -2.39. The number of morpholine rings is 1. The van der Waals surface area contributed by atoms with Crippen molar-refractivity contribution in [3.05, 3.63) is 29.3 Å². The Kier molecular flexibility index (Phi) is 4.17. The molecule has 168 valence electrons. The van der Waals surface area contributed by atoms with Gasteiger partial charge >= 0.3 is 0 Å². The highest BCUT2D eigenvalue weighted by atomic mass is 19.3. The topological polar surface area (TPSA) is 85.1 Å². The maximum absolute atomic E-state index is 13.8. The molecular weight excluding hydrogens is 418 g/mol. The summed E-state index contributed by atoms with van der Waals surface area (Å²) >= 11 is 0. The molecule has 3 atom stereocenters. The molecule has 0 N–H and O–H groups in total. The number of rotatable bonds is 3. The fourth-order valence-corrected chi connectivity index (χ4v) is 4.77. The second-order valence-electron chi connectivity index (χ2n) is 8.96. The number of piperidine rings is 1. The van der Waals surface area contributed by atoms with Crippen LogP contribution in [0.4, 0.5) is 20.5 Å². The summed E-state index contributed by atoms with van der Waals surface area (Å²) in [6, 6.07) is 0. The summed E-state index contributed by atoms with van der Waals surface area (Å²) in [5, 5.41) is 4.24. The maximum Gasteiger partial charge on any atom is 0.258 e. The van der Waals surface area contributed by atoms with Gasteiger partial charge in [0.1, 0.15) is 6.10 Å². The van der Waals surface area contributed by atoms with Crippen LogP contribution in [0.3, 0.4) is 0 Å². The molecule has 6 rings (SSSR count). The SMILES string of the molecule is Cc1nc2nc(N3CCO[C@H](c4cnn(C)c4)C3)nc(N3C[C@@H]4[C@H](C3)C4(F)F)c2nc1C. The van der Waals surface area contributed by atoms with E-state index in [0.717, 1.165) is 17.0 Å². The molecular formula is C21H24F2N8O. The van der Waals surface area contributed by atoms with Crippen molar-refractivity contribution in [2.24, 2.45) is 18.9 Å². The summed E-state index contributed by atoms with van der Waals surface area (Å²) in [7, 11) is 1.87. The molecule has 0 bridgehead atoms. The smallest absolute Gasteiger partial charge is 0.258 e. The number of hydrogen-bond donors (Lipinski definition) is 0. The molecule has 11 heteroatoms. The Morgan fingerprint density at radius 2 is 1.75 bits per heavy atom. The van der Waals surface area contributed by atoms with Crippen LogP contribution in [-0.4, -0.2) is 68.4 Å². The molecule has 0 spiro atoms. The third kappa shape index (κ3) is 3.01. The lowest BCUT2D eigenvalue weighted by Gasteiger charge is -2.33. The van der Waals surface area contributed by atoms with Crippen LogP contribution in [0.15, 0.2) is 12.4 Å². The Morgan fingerprint density at radius 3 is 2.47 bits per heavy atom. The first-order valence-corrected chi connectivity index (χ1v) is 10.8. The minimum Gasteiger partial charge on any atom is -0.370 e. The van der Waals surface area contributed by atoms with Crippen molar-refractivity contribution in [2.45, 2.75) is 25.9 Å². The number of aromatic nitrogens is 6. The second kappa shape index (κ2) is 6.77. The van der Waals surface area contributed by atoms with Crippen LogP contribution in [0.5, 0.6) is 0 Å². The van der Waals surface area contributed by atoms with E-state index in [1.807, 2.05) is 32.0 Å². The molecule has 3 aromatic rings. The highest BCUT2D eigenvalue weighted by Gasteiger charge is 2.72. The number of alkyl halides is 2. The Labute approximate surface area is 183 Å². The third-order valence-electron chi connectivity index (χ3n) is 6.86. The molecule has 0 aromatic carbocycles. The summed E-state index contributed by atoms with van der Waals surface area (Å²) in [6.07, 6.45) is 3.59. The van der Waals surface area contributed by atoms with E-state index in [2.05, 4.69) is 20.0 Å². The molecule has 0 radical (unpaired) electrons. The third-order valence-corrected chi connectivity index (χ3v) is 6.86. The van der Waals surface area contributed by atoms with Gasteiger partial charge in [-0.15, -0.1) is 0 Å². The molecule has 3 aliphatic rings. The first kappa shape index (κ1) is 19.7. The molecule has 3 fully saturated rings.